The third kappa shape index (κ3) is 3.99. The third-order valence-electron chi connectivity index (χ3n) is 5.87. The van der Waals surface area contributed by atoms with Crippen LogP contribution in [0.2, 0.25) is 5.02 Å². The highest BCUT2D eigenvalue weighted by Gasteiger charge is 2.27. The van der Waals surface area contributed by atoms with Crippen LogP contribution in [0.15, 0.2) is 76.7 Å². The van der Waals surface area contributed by atoms with Gasteiger partial charge in [0, 0.05) is 17.0 Å². The van der Waals surface area contributed by atoms with Crippen molar-refractivity contribution >= 4 is 43.8 Å². The van der Waals surface area contributed by atoms with Crippen LogP contribution < -0.4 is 5.32 Å². The fourth-order valence-electron chi connectivity index (χ4n) is 3.84. The predicted octanol–water partition coefficient (Wildman–Crippen LogP) is 5.04. The number of hydrogen-bond acceptors (Lipinski definition) is 6. The Labute approximate surface area is 202 Å². The fraction of sp³-hybridized carbons (Fsp3) is 0.160. The van der Waals surface area contributed by atoms with Crippen LogP contribution in [0.5, 0.6) is 0 Å². The lowest BCUT2D eigenvalue weighted by molar-refractivity contribution is 0.592. The van der Waals surface area contributed by atoms with Crippen molar-refractivity contribution in [3.63, 3.8) is 0 Å². The first-order valence-electron chi connectivity index (χ1n) is 10.8. The highest BCUT2D eigenvalue weighted by Crippen LogP contribution is 2.30. The molecule has 9 heteroatoms. The first-order chi connectivity index (χ1) is 16.3. The van der Waals surface area contributed by atoms with Crippen LogP contribution in [0, 0.1) is 13.8 Å². The molecule has 2 heterocycles. The van der Waals surface area contributed by atoms with Crippen molar-refractivity contribution in [1.82, 2.24) is 19.8 Å². The van der Waals surface area contributed by atoms with E-state index in [0.717, 1.165) is 22.9 Å². The van der Waals surface area contributed by atoms with Crippen LogP contribution in [0.4, 0.5) is 5.82 Å². The summed E-state index contributed by atoms with van der Waals surface area (Å²) in [4.78, 5) is 4.82. The molecule has 2 aromatic heterocycles. The van der Waals surface area contributed by atoms with Gasteiger partial charge in [0.2, 0.25) is 14.9 Å². The molecule has 0 bridgehead atoms. The minimum absolute atomic E-state index is 0.162. The Hall–Kier alpha value is -3.49. The van der Waals surface area contributed by atoms with E-state index in [-0.39, 0.29) is 15.6 Å². The number of fused-ring (bicyclic) bond motifs is 3. The molecule has 0 fully saturated rings. The maximum Gasteiger partial charge on any atom is 0.229 e. The number of nitrogens with zero attached hydrogens (tertiary/aromatic N) is 4. The number of anilines is 1. The predicted molar refractivity (Wildman–Crippen MR) is 133 cm³/mol. The minimum Gasteiger partial charge on any atom is -0.369 e. The lowest BCUT2D eigenvalue weighted by Gasteiger charge is -2.11. The maximum absolute atomic E-state index is 13.5. The van der Waals surface area contributed by atoms with Gasteiger partial charge in [0.05, 0.1) is 10.4 Å². The summed E-state index contributed by atoms with van der Waals surface area (Å²) in [7, 11) is -3.93. The SMILES string of the molecule is Cc1ccc(S(=O)(=O)c2nnn3c2nc(NCCc2ccccc2)c2cc(Cl)ccc23)cc1C. The molecule has 0 amide bonds. The van der Waals surface area contributed by atoms with Gasteiger partial charge in [-0.2, -0.15) is 4.52 Å². The number of aromatic nitrogens is 4. The second-order valence-corrected chi connectivity index (χ2v) is 10.5. The van der Waals surface area contributed by atoms with Crippen molar-refractivity contribution in [3.05, 3.63) is 88.4 Å². The average molecular weight is 492 g/mol. The van der Waals surface area contributed by atoms with Crippen LogP contribution in [0.1, 0.15) is 16.7 Å². The zero-order chi connectivity index (χ0) is 23.9. The summed E-state index contributed by atoms with van der Waals surface area (Å²) in [6.07, 6.45) is 0.779. The molecule has 34 heavy (non-hydrogen) atoms. The van der Waals surface area contributed by atoms with Crippen LogP contribution in [-0.2, 0) is 16.3 Å². The summed E-state index contributed by atoms with van der Waals surface area (Å²) in [5, 5.41) is 12.6. The molecule has 0 saturated carbocycles. The maximum atomic E-state index is 13.5. The van der Waals surface area contributed by atoms with E-state index in [2.05, 4.69) is 32.7 Å². The summed E-state index contributed by atoms with van der Waals surface area (Å²) >= 11 is 6.26. The molecule has 7 nitrogen and oxygen atoms in total. The standard InChI is InChI=1S/C25H22ClN5O2S/c1-16-8-10-20(14-17(16)2)34(32,33)25-24-28-23(27-13-12-18-6-4-3-5-7-18)21-15-19(26)9-11-22(21)31(24)30-29-25/h3-11,14-15H,12-13H2,1-2H3,(H,27,28). The lowest BCUT2D eigenvalue weighted by atomic mass is 10.1. The van der Waals surface area contributed by atoms with Gasteiger partial charge in [-0.1, -0.05) is 53.2 Å². The molecule has 0 saturated heterocycles. The number of hydrogen-bond donors (Lipinski definition) is 1. The number of nitrogens with one attached hydrogen (secondary N) is 1. The number of aryl methyl sites for hydroxylation is 2. The van der Waals surface area contributed by atoms with E-state index >= 15 is 0 Å². The Balaban J connectivity index is 1.62. The van der Waals surface area contributed by atoms with Crippen molar-refractivity contribution in [1.29, 1.82) is 0 Å². The smallest absolute Gasteiger partial charge is 0.229 e. The molecule has 3 aromatic carbocycles. The van der Waals surface area contributed by atoms with Crippen LogP contribution in [0.3, 0.4) is 0 Å². The Kier molecular flexibility index (Phi) is 5.71. The zero-order valence-electron chi connectivity index (χ0n) is 18.7. The van der Waals surface area contributed by atoms with Gasteiger partial charge >= 0.3 is 0 Å². The average Bonchev–Trinajstić information content (AvgIpc) is 3.26. The van der Waals surface area contributed by atoms with Crippen LogP contribution >= 0.6 is 11.6 Å². The molecule has 0 atom stereocenters. The van der Waals surface area contributed by atoms with Crippen molar-refractivity contribution in [2.75, 3.05) is 11.9 Å². The van der Waals surface area contributed by atoms with E-state index in [4.69, 9.17) is 11.6 Å². The Morgan fingerprint density at radius 2 is 1.76 bits per heavy atom. The van der Waals surface area contributed by atoms with E-state index in [1.54, 1.807) is 36.4 Å². The van der Waals surface area contributed by atoms with Gasteiger partial charge < -0.3 is 5.32 Å². The van der Waals surface area contributed by atoms with Gasteiger partial charge in [0.25, 0.3) is 0 Å². The molecule has 172 valence electrons. The summed E-state index contributed by atoms with van der Waals surface area (Å²) in [5.41, 5.74) is 3.90. The highest BCUT2D eigenvalue weighted by atomic mass is 35.5. The molecule has 0 unspecified atom stereocenters. The summed E-state index contributed by atoms with van der Waals surface area (Å²) in [6, 6.07) is 20.4. The third-order valence-corrected chi connectivity index (χ3v) is 7.75. The largest absolute Gasteiger partial charge is 0.369 e. The van der Waals surface area contributed by atoms with Crippen LogP contribution in [-0.4, -0.2) is 34.8 Å². The van der Waals surface area contributed by atoms with E-state index in [9.17, 15) is 8.42 Å². The molecule has 5 rings (SSSR count). The Morgan fingerprint density at radius 1 is 0.971 bits per heavy atom. The van der Waals surface area contributed by atoms with Crippen LogP contribution in [0.25, 0.3) is 16.6 Å². The molecular weight excluding hydrogens is 470 g/mol. The molecule has 0 aliphatic heterocycles. The van der Waals surface area contributed by atoms with Crippen molar-refractivity contribution in [2.24, 2.45) is 0 Å². The highest BCUT2D eigenvalue weighted by molar-refractivity contribution is 7.91. The van der Waals surface area contributed by atoms with E-state index < -0.39 is 9.84 Å². The first-order valence-corrected chi connectivity index (χ1v) is 12.7. The topological polar surface area (TPSA) is 89.2 Å². The van der Waals surface area contributed by atoms with Gasteiger partial charge in [-0.15, -0.1) is 5.10 Å². The second-order valence-electron chi connectivity index (χ2n) is 8.16. The van der Waals surface area contributed by atoms with Crippen molar-refractivity contribution < 1.29 is 8.42 Å². The molecule has 5 aromatic rings. The molecule has 1 N–H and O–H groups in total. The number of halogens is 1. The number of benzene rings is 3. The van der Waals surface area contributed by atoms with Gasteiger partial charge in [-0.25, -0.2) is 13.4 Å². The zero-order valence-corrected chi connectivity index (χ0v) is 20.2. The molecular formula is C25H22ClN5O2S. The van der Waals surface area contributed by atoms with Crippen molar-refractivity contribution in [2.45, 2.75) is 30.2 Å². The summed E-state index contributed by atoms with van der Waals surface area (Å²) < 4.78 is 28.4. The summed E-state index contributed by atoms with van der Waals surface area (Å²) in [5.74, 6) is 0.528. The molecule has 0 aliphatic rings. The Morgan fingerprint density at radius 3 is 2.53 bits per heavy atom. The monoisotopic (exact) mass is 491 g/mol. The van der Waals surface area contributed by atoms with E-state index in [0.29, 0.717) is 22.9 Å². The molecule has 0 spiro atoms. The van der Waals surface area contributed by atoms with Gasteiger partial charge in [-0.3, -0.25) is 0 Å². The second kappa shape index (κ2) is 8.70. The summed E-state index contributed by atoms with van der Waals surface area (Å²) in [6.45, 7) is 4.42. The van der Waals surface area contributed by atoms with E-state index in [1.807, 2.05) is 32.0 Å². The van der Waals surface area contributed by atoms with Gasteiger partial charge in [-0.05, 0) is 67.3 Å². The Bertz CT molecular complexity index is 1630. The van der Waals surface area contributed by atoms with Gasteiger partial charge in [0.15, 0.2) is 5.65 Å². The van der Waals surface area contributed by atoms with E-state index in [1.165, 1.54) is 10.1 Å². The normalized spacial score (nSPS) is 11.9. The molecule has 0 radical (unpaired) electrons. The van der Waals surface area contributed by atoms with Crippen molar-refractivity contribution in [3.8, 4) is 0 Å². The number of sulfone groups is 1. The minimum atomic E-state index is -3.93. The number of rotatable bonds is 6. The molecule has 0 aliphatic carbocycles. The quantitative estimate of drug-likeness (QED) is 0.358. The first kappa shape index (κ1) is 22.3. The lowest BCUT2D eigenvalue weighted by Crippen LogP contribution is -2.09. The van der Waals surface area contributed by atoms with Gasteiger partial charge in [0.1, 0.15) is 5.82 Å². The fourth-order valence-corrected chi connectivity index (χ4v) is 5.33.